The van der Waals surface area contributed by atoms with E-state index >= 15 is 0 Å². The molecule has 1 atom stereocenters. The maximum Gasteiger partial charge on any atom is 0.290 e. The number of benzene rings is 1. The molecule has 2 aliphatic rings. The highest BCUT2D eigenvalue weighted by molar-refractivity contribution is 5.95. The first kappa shape index (κ1) is 17.4. The van der Waals surface area contributed by atoms with Crippen LogP contribution in [0.4, 0.5) is 0 Å². The molecule has 5 rings (SSSR count). The topological polar surface area (TPSA) is 61.9 Å². The third-order valence-electron chi connectivity index (χ3n) is 6.48. The lowest BCUT2D eigenvalue weighted by atomic mass is 9.83. The Morgan fingerprint density at radius 1 is 1.11 bits per heavy atom. The number of para-hydroxylation sites is 1. The van der Waals surface area contributed by atoms with Gasteiger partial charge in [0.1, 0.15) is 0 Å². The first-order valence-electron chi connectivity index (χ1n) is 10.5. The molecule has 2 aromatic heterocycles. The van der Waals surface area contributed by atoms with Crippen molar-refractivity contribution in [1.29, 1.82) is 0 Å². The summed E-state index contributed by atoms with van der Waals surface area (Å²) < 4.78 is 0. The van der Waals surface area contributed by atoms with Crippen molar-refractivity contribution in [1.82, 2.24) is 19.9 Å². The number of aromatic nitrogens is 3. The predicted octanol–water partition coefficient (Wildman–Crippen LogP) is 4.77. The molecule has 1 saturated carbocycles. The van der Waals surface area contributed by atoms with Gasteiger partial charge in [-0.3, -0.25) is 9.78 Å². The Labute approximate surface area is 165 Å². The van der Waals surface area contributed by atoms with Crippen LogP contribution in [-0.4, -0.2) is 32.3 Å². The number of H-pyrrole nitrogens is 1. The number of aromatic amines is 1. The van der Waals surface area contributed by atoms with E-state index < -0.39 is 0 Å². The normalized spacial score (nSPS) is 20.3. The van der Waals surface area contributed by atoms with E-state index in [-0.39, 0.29) is 11.9 Å². The highest BCUT2D eigenvalue weighted by Crippen LogP contribution is 2.36. The van der Waals surface area contributed by atoms with Crippen LogP contribution in [0.25, 0.3) is 11.0 Å². The maximum atomic E-state index is 13.3. The standard InChI is InChI=1S/C23H26N4O/c1-15-17-10-6-13-24-19(17)12-14-27(15)23(28)22-25-20-11-5-9-18(21(20)26-22)16-7-3-2-4-8-16/h5-6,9-11,13,15-16H,2-4,7-8,12,14H2,1H3,(H,25,26). The molecule has 0 saturated heterocycles. The minimum Gasteiger partial charge on any atom is -0.334 e. The number of nitrogens with one attached hydrogen (secondary N) is 1. The van der Waals surface area contributed by atoms with Crippen molar-refractivity contribution in [3.63, 3.8) is 0 Å². The minimum absolute atomic E-state index is 0.0102. The fraction of sp³-hybridized carbons (Fsp3) is 0.435. The van der Waals surface area contributed by atoms with E-state index in [2.05, 4.69) is 35.1 Å². The number of carbonyl (C=O) groups excluding carboxylic acids is 1. The molecule has 144 valence electrons. The van der Waals surface area contributed by atoms with Gasteiger partial charge in [0.05, 0.1) is 17.1 Å². The van der Waals surface area contributed by atoms with Crippen molar-refractivity contribution in [3.8, 4) is 0 Å². The summed E-state index contributed by atoms with van der Waals surface area (Å²) in [6.07, 6.45) is 8.98. The van der Waals surface area contributed by atoms with Crippen LogP contribution in [0.5, 0.6) is 0 Å². The molecule has 1 aliphatic carbocycles. The van der Waals surface area contributed by atoms with Gasteiger partial charge in [-0.15, -0.1) is 0 Å². The Morgan fingerprint density at radius 3 is 2.79 bits per heavy atom. The zero-order valence-corrected chi connectivity index (χ0v) is 16.3. The van der Waals surface area contributed by atoms with E-state index in [9.17, 15) is 4.79 Å². The summed E-state index contributed by atoms with van der Waals surface area (Å²) >= 11 is 0. The number of amides is 1. The molecule has 3 aromatic rings. The van der Waals surface area contributed by atoms with E-state index in [1.54, 1.807) is 0 Å². The van der Waals surface area contributed by atoms with Gasteiger partial charge in [-0.25, -0.2) is 4.98 Å². The molecule has 1 unspecified atom stereocenters. The van der Waals surface area contributed by atoms with Crippen LogP contribution >= 0.6 is 0 Å². The Morgan fingerprint density at radius 2 is 1.93 bits per heavy atom. The van der Waals surface area contributed by atoms with Gasteiger partial charge in [0.2, 0.25) is 0 Å². The van der Waals surface area contributed by atoms with Crippen molar-refractivity contribution >= 4 is 16.9 Å². The lowest BCUT2D eigenvalue weighted by Gasteiger charge is -2.34. The van der Waals surface area contributed by atoms with Gasteiger partial charge < -0.3 is 9.88 Å². The van der Waals surface area contributed by atoms with Gasteiger partial charge in [0.15, 0.2) is 5.82 Å². The summed E-state index contributed by atoms with van der Waals surface area (Å²) in [5.41, 5.74) is 5.49. The fourth-order valence-corrected chi connectivity index (χ4v) is 4.94. The number of fused-ring (bicyclic) bond motifs is 2. The summed E-state index contributed by atoms with van der Waals surface area (Å²) in [4.78, 5) is 27.8. The van der Waals surface area contributed by atoms with Crippen molar-refractivity contribution < 1.29 is 4.79 Å². The molecule has 5 nitrogen and oxygen atoms in total. The number of nitrogens with zero attached hydrogens (tertiary/aromatic N) is 3. The van der Waals surface area contributed by atoms with Crippen LogP contribution in [0.15, 0.2) is 36.5 Å². The van der Waals surface area contributed by atoms with Gasteiger partial charge in [-0.2, -0.15) is 0 Å². The van der Waals surface area contributed by atoms with Crippen LogP contribution in [0.1, 0.15) is 78.4 Å². The van der Waals surface area contributed by atoms with E-state index in [0.29, 0.717) is 18.3 Å². The number of pyridine rings is 1. The average molecular weight is 374 g/mol. The van der Waals surface area contributed by atoms with Crippen LogP contribution < -0.4 is 0 Å². The molecule has 1 fully saturated rings. The lowest BCUT2D eigenvalue weighted by molar-refractivity contribution is 0.0665. The number of hydrogen-bond acceptors (Lipinski definition) is 3. The number of rotatable bonds is 2. The summed E-state index contributed by atoms with van der Waals surface area (Å²) in [7, 11) is 0. The monoisotopic (exact) mass is 374 g/mol. The summed E-state index contributed by atoms with van der Waals surface area (Å²) in [6.45, 7) is 2.75. The second-order valence-corrected chi connectivity index (χ2v) is 8.13. The smallest absolute Gasteiger partial charge is 0.290 e. The molecule has 0 radical (unpaired) electrons. The van der Waals surface area contributed by atoms with E-state index in [1.165, 1.54) is 37.7 Å². The van der Waals surface area contributed by atoms with Crippen LogP contribution in [0.2, 0.25) is 0 Å². The second-order valence-electron chi connectivity index (χ2n) is 8.13. The molecular weight excluding hydrogens is 348 g/mol. The molecular formula is C23H26N4O. The molecule has 28 heavy (non-hydrogen) atoms. The summed E-state index contributed by atoms with van der Waals surface area (Å²) in [5, 5.41) is 0. The van der Waals surface area contributed by atoms with Crippen molar-refractivity contribution in [2.24, 2.45) is 0 Å². The van der Waals surface area contributed by atoms with Crippen molar-refractivity contribution in [3.05, 3.63) is 59.2 Å². The van der Waals surface area contributed by atoms with Gasteiger partial charge in [0.25, 0.3) is 5.91 Å². The highest BCUT2D eigenvalue weighted by Gasteiger charge is 2.30. The van der Waals surface area contributed by atoms with Gasteiger partial charge in [0, 0.05) is 24.9 Å². The SMILES string of the molecule is CC1c2cccnc2CCN1C(=O)c1nc2c(C3CCCCC3)cccc2[nH]1. The van der Waals surface area contributed by atoms with Crippen LogP contribution in [0, 0.1) is 0 Å². The maximum absolute atomic E-state index is 13.3. The Hall–Kier alpha value is -2.69. The number of hydrogen-bond donors (Lipinski definition) is 1. The minimum atomic E-state index is -0.0206. The first-order valence-corrected chi connectivity index (χ1v) is 10.5. The fourth-order valence-electron chi connectivity index (χ4n) is 4.94. The molecule has 1 amide bonds. The molecule has 5 heteroatoms. The van der Waals surface area contributed by atoms with E-state index in [0.717, 1.165) is 28.7 Å². The summed E-state index contributed by atoms with van der Waals surface area (Å²) in [6, 6.07) is 10.3. The quantitative estimate of drug-likeness (QED) is 0.703. The summed E-state index contributed by atoms with van der Waals surface area (Å²) in [5.74, 6) is 1.00. The molecule has 1 aromatic carbocycles. The third-order valence-corrected chi connectivity index (χ3v) is 6.48. The van der Waals surface area contributed by atoms with Crippen LogP contribution in [-0.2, 0) is 6.42 Å². The highest BCUT2D eigenvalue weighted by atomic mass is 16.2. The third kappa shape index (κ3) is 2.89. The molecule has 0 spiro atoms. The van der Waals surface area contributed by atoms with Gasteiger partial charge in [-0.1, -0.05) is 37.5 Å². The van der Waals surface area contributed by atoms with Crippen LogP contribution in [0.3, 0.4) is 0 Å². The zero-order valence-electron chi connectivity index (χ0n) is 16.3. The Kier molecular flexibility index (Phi) is 4.38. The largest absolute Gasteiger partial charge is 0.334 e. The Bertz CT molecular complexity index is 1020. The number of imidazole rings is 1. The Balaban J connectivity index is 1.47. The van der Waals surface area contributed by atoms with Crippen molar-refractivity contribution in [2.45, 2.75) is 57.4 Å². The predicted molar refractivity (Wildman–Crippen MR) is 109 cm³/mol. The number of carbonyl (C=O) groups is 1. The zero-order chi connectivity index (χ0) is 19.1. The lowest BCUT2D eigenvalue weighted by Crippen LogP contribution is -2.39. The average Bonchev–Trinajstić information content (AvgIpc) is 3.19. The van der Waals surface area contributed by atoms with E-state index in [4.69, 9.17) is 4.98 Å². The first-order chi connectivity index (χ1) is 13.7. The van der Waals surface area contributed by atoms with Crippen molar-refractivity contribution in [2.75, 3.05) is 6.54 Å². The second kappa shape index (κ2) is 7.04. The van der Waals surface area contributed by atoms with Gasteiger partial charge >= 0.3 is 0 Å². The molecule has 1 N–H and O–H groups in total. The van der Waals surface area contributed by atoms with E-state index in [1.807, 2.05) is 23.2 Å². The molecule has 0 bridgehead atoms. The molecule has 3 heterocycles. The molecule has 1 aliphatic heterocycles. The van der Waals surface area contributed by atoms with Gasteiger partial charge in [-0.05, 0) is 48.9 Å².